The maximum Gasteiger partial charge on any atom is 0.451 e. The summed E-state index contributed by atoms with van der Waals surface area (Å²) in [5.74, 6) is -1.30. The molecule has 3 aromatic rings. The second kappa shape index (κ2) is 9.02. The van der Waals surface area contributed by atoms with Gasteiger partial charge in [-0.3, -0.25) is 14.6 Å². The molecule has 0 saturated carbocycles. The fraction of sp³-hybridized carbons (Fsp3) is 0.458. The van der Waals surface area contributed by atoms with E-state index in [0.29, 0.717) is 35.6 Å². The number of aromatic nitrogens is 4. The van der Waals surface area contributed by atoms with Gasteiger partial charge in [0.25, 0.3) is 0 Å². The van der Waals surface area contributed by atoms with Gasteiger partial charge in [-0.15, -0.1) is 10.2 Å². The Hall–Kier alpha value is -3.21. The van der Waals surface area contributed by atoms with Crippen molar-refractivity contribution in [3.63, 3.8) is 0 Å². The maximum absolute atomic E-state index is 13.4. The van der Waals surface area contributed by atoms with E-state index in [9.17, 15) is 22.8 Å². The number of carbonyl (C=O) groups is 2. The molecule has 8 nitrogen and oxygen atoms in total. The van der Waals surface area contributed by atoms with Crippen molar-refractivity contribution in [3.05, 3.63) is 46.6 Å². The number of hydrogen-bond acceptors (Lipinski definition) is 6. The van der Waals surface area contributed by atoms with E-state index in [-0.39, 0.29) is 49.0 Å². The SMILES string of the molecule is CC(=O)c1ccc2c(N3CC[C@H](C(=O)N4CCn5c(nnc5C(F)(F)F)C4)[C@H](C)C3)c(Cl)cnc2c1. The molecule has 0 aliphatic carbocycles. The second-order valence-electron chi connectivity index (χ2n) is 9.41. The molecule has 5 rings (SSSR count). The van der Waals surface area contributed by atoms with Crippen LogP contribution < -0.4 is 4.90 Å². The fourth-order valence-corrected chi connectivity index (χ4v) is 5.47. The standard InChI is InChI=1S/C24H24ClF3N6O2/c1-13-11-32(21-17-4-3-15(14(2)35)9-19(17)29-10-18(21)25)6-5-16(13)22(36)33-7-8-34-20(12-33)30-31-23(34)24(26,27)28/h3-4,9-10,13,16H,5-8,11-12H2,1-2H3/t13-,16+/m1/s1. The smallest absolute Gasteiger partial charge is 0.369 e. The minimum absolute atomic E-state index is 0.00809. The van der Waals surface area contributed by atoms with Gasteiger partial charge in [-0.1, -0.05) is 24.6 Å². The highest BCUT2D eigenvalue weighted by molar-refractivity contribution is 6.34. The first-order chi connectivity index (χ1) is 17.0. The third kappa shape index (κ3) is 4.29. The number of alkyl halides is 3. The van der Waals surface area contributed by atoms with Crippen LogP contribution in [0.15, 0.2) is 24.4 Å². The van der Waals surface area contributed by atoms with Gasteiger partial charge in [0.05, 0.1) is 22.8 Å². The molecular formula is C24H24ClF3N6O2. The number of ketones is 1. The quantitative estimate of drug-likeness (QED) is 0.481. The molecule has 0 spiro atoms. The van der Waals surface area contributed by atoms with Gasteiger partial charge in [0, 0.05) is 49.2 Å². The van der Waals surface area contributed by atoms with Crippen LogP contribution in [0, 0.1) is 11.8 Å². The second-order valence-corrected chi connectivity index (χ2v) is 9.82. The predicted octanol–water partition coefficient (Wildman–Crippen LogP) is 4.21. The number of piperidine rings is 1. The Kier molecular flexibility index (Phi) is 6.14. The van der Waals surface area contributed by atoms with E-state index in [1.54, 1.807) is 23.2 Å². The number of rotatable bonds is 3. The topological polar surface area (TPSA) is 84.2 Å². The molecule has 0 bridgehead atoms. The molecule has 1 saturated heterocycles. The van der Waals surface area contributed by atoms with Crippen LogP contribution in [0.4, 0.5) is 18.9 Å². The molecule has 190 valence electrons. The molecule has 1 fully saturated rings. The van der Waals surface area contributed by atoms with E-state index >= 15 is 0 Å². The van der Waals surface area contributed by atoms with Crippen molar-refractivity contribution >= 4 is 39.9 Å². The Morgan fingerprint density at radius 3 is 2.61 bits per heavy atom. The van der Waals surface area contributed by atoms with Gasteiger partial charge in [-0.2, -0.15) is 13.2 Å². The lowest BCUT2D eigenvalue weighted by atomic mass is 9.85. The number of hydrogen-bond donors (Lipinski definition) is 0. The normalized spacial score (nSPS) is 20.5. The average Bonchev–Trinajstić information content (AvgIpc) is 3.27. The Bertz CT molecular complexity index is 1360. The minimum atomic E-state index is -4.58. The average molecular weight is 521 g/mol. The summed E-state index contributed by atoms with van der Waals surface area (Å²) in [5, 5.41) is 8.29. The molecule has 2 atom stereocenters. The molecule has 2 aliphatic rings. The van der Waals surface area contributed by atoms with Crippen LogP contribution >= 0.6 is 11.6 Å². The maximum atomic E-state index is 13.4. The summed E-state index contributed by atoms with van der Waals surface area (Å²) in [5.41, 5.74) is 2.06. The van der Waals surface area contributed by atoms with Crippen molar-refractivity contribution in [2.45, 2.75) is 39.5 Å². The molecule has 36 heavy (non-hydrogen) atoms. The summed E-state index contributed by atoms with van der Waals surface area (Å²) in [6.45, 7) is 4.85. The lowest BCUT2D eigenvalue weighted by Crippen LogP contribution is -2.49. The molecule has 0 N–H and O–H groups in total. The van der Waals surface area contributed by atoms with E-state index < -0.39 is 12.0 Å². The summed E-state index contributed by atoms with van der Waals surface area (Å²) < 4.78 is 40.4. The summed E-state index contributed by atoms with van der Waals surface area (Å²) in [4.78, 5) is 33.2. The minimum Gasteiger partial charge on any atom is -0.369 e. The summed E-state index contributed by atoms with van der Waals surface area (Å²) >= 11 is 6.55. The van der Waals surface area contributed by atoms with Crippen molar-refractivity contribution in [2.24, 2.45) is 11.8 Å². The zero-order valence-corrected chi connectivity index (χ0v) is 20.5. The molecular weight excluding hydrogens is 497 g/mol. The Morgan fingerprint density at radius 2 is 1.92 bits per heavy atom. The first-order valence-corrected chi connectivity index (χ1v) is 12.0. The summed E-state index contributed by atoms with van der Waals surface area (Å²) in [6, 6.07) is 5.35. The third-order valence-corrected chi connectivity index (χ3v) is 7.34. The van der Waals surface area contributed by atoms with Crippen LogP contribution in [0.25, 0.3) is 10.9 Å². The van der Waals surface area contributed by atoms with Crippen LogP contribution in [0.5, 0.6) is 0 Å². The Balaban J connectivity index is 1.32. The van der Waals surface area contributed by atoms with Crippen molar-refractivity contribution in [1.82, 2.24) is 24.6 Å². The molecule has 2 aromatic heterocycles. The zero-order chi connectivity index (χ0) is 25.8. The zero-order valence-electron chi connectivity index (χ0n) is 19.7. The van der Waals surface area contributed by atoms with Gasteiger partial charge in [-0.25, -0.2) is 0 Å². The molecule has 0 radical (unpaired) electrons. The number of Topliss-reactive ketones (excluding diaryl/α,β-unsaturated/α-hetero) is 1. The van der Waals surface area contributed by atoms with Crippen LogP contribution in [-0.4, -0.2) is 56.0 Å². The first kappa shape index (κ1) is 24.5. The number of fused-ring (bicyclic) bond motifs is 2. The molecule has 1 aromatic carbocycles. The Labute approximate surface area is 210 Å². The number of amides is 1. The lowest BCUT2D eigenvalue weighted by Gasteiger charge is -2.40. The number of pyridine rings is 1. The van der Waals surface area contributed by atoms with Gasteiger partial charge in [0.1, 0.15) is 0 Å². The van der Waals surface area contributed by atoms with Crippen molar-refractivity contribution < 1.29 is 22.8 Å². The van der Waals surface area contributed by atoms with Gasteiger partial charge in [0.15, 0.2) is 11.6 Å². The van der Waals surface area contributed by atoms with Gasteiger partial charge < -0.3 is 14.4 Å². The number of nitrogens with zero attached hydrogens (tertiary/aromatic N) is 6. The molecule has 12 heteroatoms. The highest BCUT2D eigenvalue weighted by Gasteiger charge is 2.41. The van der Waals surface area contributed by atoms with E-state index in [1.807, 2.05) is 13.0 Å². The summed E-state index contributed by atoms with van der Waals surface area (Å²) in [7, 11) is 0. The predicted molar refractivity (Wildman–Crippen MR) is 127 cm³/mol. The molecule has 1 amide bonds. The number of halogens is 4. The van der Waals surface area contributed by atoms with Gasteiger partial charge >= 0.3 is 6.18 Å². The monoisotopic (exact) mass is 520 g/mol. The Morgan fingerprint density at radius 1 is 1.14 bits per heavy atom. The van der Waals surface area contributed by atoms with E-state index in [4.69, 9.17) is 11.6 Å². The molecule has 4 heterocycles. The third-order valence-electron chi connectivity index (χ3n) is 7.06. The highest BCUT2D eigenvalue weighted by atomic mass is 35.5. The first-order valence-electron chi connectivity index (χ1n) is 11.7. The van der Waals surface area contributed by atoms with Crippen LogP contribution in [0.1, 0.15) is 42.3 Å². The largest absolute Gasteiger partial charge is 0.451 e. The van der Waals surface area contributed by atoms with E-state index in [2.05, 4.69) is 20.1 Å². The van der Waals surface area contributed by atoms with Crippen molar-refractivity contribution in [3.8, 4) is 0 Å². The van der Waals surface area contributed by atoms with E-state index in [1.165, 1.54) is 6.92 Å². The number of benzene rings is 1. The fourth-order valence-electron chi connectivity index (χ4n) is 5.20. The van der Waals surface area contributed by atoms with Crippen molar-refractivity contribution in [1.29, 1.82) is 0 Å². The molecule has 0 unspecified atom stereocenters. The van der Waals surface area contributed by atoms with Crippen LogP contribution in [0.3, 0.4) is 0 Å². The summed E-state index contributed by atoms with van der Waals surface area (Å²) in [6.07, 6.45) is -2.43. The van der Waals surface area contributed by atoms with Crippen LogP contribution in [-0.2, 0) is 24.1 Å². The highest BCUT2D eigenvalue weighted by Crippen LogP contribution is 2.38. The van der Waals surface area contributed by atoms with E-state index in [0.717, 1.165) is 15.6 Å². The van der Waals surface area contributed by atoms with Crippen LogP contribution in [0.2, 0.25) is 5.02 Å². The van der Waals surface area contributed by atoms with Gasteiger partial charge in [-0.05, 0) is 31.4 Å². The number of carbonyl (C=O) groups excluding carboxylic acids is 2. The van der Waals surface area contributed by atoms with Gasteiger partial charge in [0.2, 0.25) is 11.7 Å². The van der Waals surface area contributed by atoms with Crippen molar-refractivity contribution in [2.75, 3.05) is 24.5 Å². The molecule has 2 aliphatic heterocycles. The lowest BCUT2D eigenvalue weighted by molar-refractivity contribution is -0.148. The number of anilines is 1.